The zero-order valence-electron chi connectivity index (χ0n) is 7.74. The van der Waals surface area contributed by atoms with Crippen molar-refractivity contribution in [3.8, 4) is 6.19 Å². The van der Waals surface area contributed by atoms with Crippen LogP contribution in [0.3, 0.4) is 0 Å². The van der Waals surface area contributed by atoms with E-state index in [2.05, 4.69) is 11.2 Å². The summed E-state index contributed by atoms with van der Waals surface area (Å²) in [7, 11) is 1.80. The van der Waals surface area contributed by atoms with Crippen molar-refractivity contribution in [2.45, 2.75) is 0 Å². The van der Waals surface area contributed by atoms with Crippen molar-refractivity contribution >= 4 is 28.8 Å². The third kappa shape index (κ3) is 1.05. The second kappa shape index (κ2) is 3.09. The van der Waals surface area contributed by atoms with E-state index in [1.54, 1.807) is 7.05 Å². The highest BCUT2D eigenvalue weighted by Crippen LogP contribution is 2.38. The Morgan fingerprint density at radius 1 is 1.50 bits per heavy atom. The SMILES string of the molecule is C[N+]1(C#N)C(CCl)=Nc2ccccc21. The minimum atomic E-state index is 0.0552. The van der Waals surface area contributed by atoms with E-state index in [1.165, 1.54) is 0 Å². The summed E-state index contributed by atoms with van der Waals surface area (Å²) in [6, 6.07) is 7.60. The Bertz CT molecular complexity index is 447. The van der Waals surface area contributed by atoms with Gasteiger partial charge in [-0.2, -0.15) is 4.99 Å². The van der Waals surface area contributed by atoms with E-state index >= 15 is 0 Å². The number of rotatable bonds is 1. The Balaban J connectivity index is 2.64. The summed E-state index contributed by atoms with van der Waals surface area (Å²) < 4.78 is 0.0552. The molecule has 2 rings (SSSR count). The maximum Gasteiger partial charge on any atom is 0.320 e. The highest BCUT2D eigenvalue weighted by molar-refractivity contribution is 6.31. The largest absolute Gasteiger partial charge is 0.320 e. The van der Waals surface area contributed by atoms with Gasteiger partial charge in [-0.25, -0.2) is 0 Å². The average Bonchev–Trinajstić information content (AvgIpc) is 2.53. The third-order valence-electron chi connectivity index (χ3n) is 2.45. The normalized spacial score (nSPS) is 23.9. The minimum Gasteiger partial charge on any atom is -0.192 e. The first-order valence-corrected chi connectivity index (χ1v) is 4.77. The van der Waals surface area contributed by atoms with Gasteiger partial charge < -0.3 is 0 Å². The number of alkyl halides is 1. The Hall–Kier alpha value is -1.37. The summed E-state index contributed by atoms with van der Waals surface area (Å²) in [4.78, 5) is 4.33. The number of hydrogen-bond donors (Lipinski definition) is 0. The Kier molecular flexibility index (Phi) is 2.03. The number of benzene rings is 1. The van der Waals surface area contributed by atoms with Gasteiger partial charge in [-0.15, -0.1) is 21.3 Å². The molecule has 1 aliphatic rings. The Labute approximate surface area is 87.4 Å². The highest BCUT2D eigenvalue weighted by atomic mass is 35.5. The number of amidine groups is 1. The van der Waals surface area contributed by atoms with E-state index in [1.807, 2.05) is 24.3 Å². The fourth-order valence-electron chi connectivity index (χ4n) is 1.58. The smallest absolute Gasteiger partial charge is 0.192 e. The summed E-state index contributed by atoms with van der Waals surface area (Å²) in [5, 5.41) is 9.16. The first-order chi connectivity index (χ1) is 6.72. The van der Waals surface area contributed by atoms with Crippen LogP contribution >= 0.6 is 11.6 Å². The molecule has 0 saturated heterocycles. The molecule has 3 nitrogen and oxygen atoms in total. The zero-order valence-corrected chi connectivity index (χ0v) is 8.49. The molecule has 1 heterocycles. The zero-order chi connectivity index (χ0) is 10.2. The van der Waals surface area contributed by atoms with Crippen LogP contribution in [0.2, 0.25) is 0 Å². The average molecular weight is 207 g/mol. The summed E-state index contributed by atoms with van der Waals surface area (Å²) in [5.41, 5.74) is 1.73. The van der Waals surface area contributed by atoms with E-state index in [9.17, 15) is 0 Å². The number of hydrogen-bond acceptors (Lipinski definition) is 2. The highest BCUT2D eigenvalue weighted by Gasteiger charge is 2.40. The van der Waals surface area contributed by atoms with Gasteiger partial charge in [-0.3, -0.25) is 0 Å². The van der Waals surface area contributed by atoms with Crippen LogP contribution in [-0.2, 0) is 0 Å². The molecule has 1 atom stereocenters. The second-order valence-electron chi connectivity index (χ2n) is 3.26. The van der Waals surface area contributed by atoms with E-state index in [-0.39, 0.29) is 10.4 Å². The number of nitriles is 1. The maximum atomic E-state index is 9.16. The van der Waals surface area contributed by atoms with Gasteiger partial charge in [0.15, 0.2) is 5.69 Å². The summed E-state index contributed by atoms with van der Waals surface area (Å²) in [6.45, 7) is 0. The molecule has 1 aromatic rings. The van der Waals surface area contributed by atoms with Crippen molar-refractivity contribution in [2.75, 3.05) is 12.9 Å². The lowest BCUT2D eigenvalue weighted by Gasteiger charge is -2.18. The van der Waals surface area contributed by atoms with Crippen LogP contribution in [0.1, 0.15) is 0 Å². The Morgan fingerprint density at radius 2 is 2.21 bits per heavy atom. The summed E-state index contributed by atoms with van der Waals surface area (Å²) in [5.74, 6) is 0.953. The van der Waals surface area contributed by atoms with Gasteiger partial charge >= 0.3 is 6.19 Å². The number of aliphatic imine (C=N–C) groups is 1. The lowest BCUT2D eigenvalue weighted by atomic mass is 10.2. The van der Waals surface area contributed by atoms with Crippen LogP contribution in [0.25, 0.3) is 0 Å². The molecule has 0 radical (unpaired) electrons. The molecule has 0 saturated carbocycles. The quantitative estimate of drug-likeness (QED) is 0.395. The number of nitrogens with zero attached hydrogens (tertiary/aromatic N) is 3. The molecule has 0 bridgehead atoms. The van der Waals surface area contributed by atoms with E-state index < -0.39 is 0 Å². The molecule has 0 N–H and O–H groups in total. The van der Waals surface area contributed by atoms with Crippen LogP contribution in [0.4, 0.5) is 11.4 Å². The number of fused-ring (bicyclic) bond motifs is 1. The third-order valence-corrected chi connectivity index (χ3v) is 2.69. The number of para-hydroxylation sites is 2. The fourth-order valence-corrected chi connectivity index (χ4v) is 1.87. The van der Waals surface area contributed by atoms with Crippen LogP contribution in [0.15, 0.2) is 29.3 Å². The monoisotopic (exact) mass is 206 g/mol. The standard InChI is InChI=1S/C10H9ClN3/c1-14(7-12)9-5-3-2-4-8(9)13-10(14)6-11/h2-5H,6H2,1H3/q+1. The topological polar surface area (TPSA) is 36.1 Å². The summed E-state index contributed by atoms with van der Waals surface area (Å²) >= 11 is 5.76. The Morgan fingerprint density at radius 3 is 2.86 bits per heavy atom. The number of halogens is 1. The summed E-state index contributed by atoms with van der Waals surface area (Å²) in [6.07, 6.45) is 2.22. The molecule has 0 aromatic heterocycles. The molecule has 4 heteroatoms. The lowest BCUT2D eigenvalue weighted by Crippen LogP contribution is -2.44. The van der Waals surface area contributed by atoms with Crippen LogP contribution in [0.5, 0.6) is 0 Å². The van der Waals surface area contributed by atoms with Gasteiger partial charge in [-0.1, -0.05) is 12.1 Å². The van der Waals surface area contributed by atoms with Crippen molar-refractivity contribution in [2.24, 2.45) is 4.99 Å². The van der Waals surface area contributed by atoms with Crippen molar-refractivity contribution in [3.63, 3.8) is 0 Å². The van der Waals surface area contributed by atoms with Crippen LogP contribution in [-0.4, -0.2) is 18.8 Å². The molecule has 1 aromatic carbocycles. The molecule has 0 spiro atoms. The van der Waals surface area contributed by atoms with Gasteiger partial charge in [0, 0.05) is 6.07 Å². The van der Waals surface area contributed by atoms with Crippen molar-refractivity contribution in [1.29, 1.82) is 5.26 Å². The predicted octanol–water partition coefficient (Wildman–Crippen LogP) is 2.39. The molecule has 1 unspecified atom stereocenters. The molecule has 70 valence electrons. The van der Waals surface area contributed by atoms with Crippen LogP contribution < -0.4 is 4.48 Å². The molecule has 1 aliphatic heterocycles. The first-order valence-electron chi connectivity index (χ1n) is 4.24. The van der Waals surface area contributed by atoms with Crippen molar-refractivity contribution < 1.29 is 0 Å². The molecular formula is C10H9ClN3+. The molecule has 0 aliphatic carbocycles. The van der Waals surface area contributed by atoms with Gasteiger partial charge in [0.25, 0.3) is 0 Å². The maximum absolute atomic E-state index is 9.16. The predicted molar refractivity (Wildman–Crippen MR) is 57.6 cm³/mol. The molecule has 0 fully saturated rings. The van der Waals surface area contributed by atoms with E-state index in [0.29, 0.717) is 5.84 Å². The number of quaternary nitrogens is 1. The van der Waals surface area contributed by atoms with Crippen LogP contribution in [0, 0.1) is 11.5 Å². The van der Waals surface area contributed by atoms with Gasteiger partial charge in [0.1, 0.15) is 11.6 Å². The molecule has 0 amide bonds. The molecular weight excluding hydrogens is 198 g/mol. The van der Waals surface area contributed by atoms with Gasteiger partial charge in [-0.05, 0) is 6.07 Å². The van der Waals surface area contributed by atoms with Crippen molar-refractivity contribution in [3.05, 3.63) is 24.3 Å². The fraction of sp³-hybridized carbons (Fsp3) is 0.200. The van der Waals surface area contributed by atoms with E-state index in [4.69, 9.17) is 16.9 Å². The first kappa shape index (κ1) is 9.20. The van der Waals surface area contributed by atoms with Crippen molar-refractivity contribution in [1.82, 2.24) is 4.48 Å². The van der Waals surface area contributed by atoms with E-state index in [0.717, 1.165) is 11.4 Å². The van der Waals surface area contributed by atoms with Gasteiger partial charge in [0.2, 0.25) is 5.84 Å². The molecule has 14 heavy (non-hydrogen) atoms. The second-order valence-corrected chi connectivity index (χ2v) is 3.52. The van der Waals surface area contributed by atoms with Gasteiger partial charge in [0.05, 0.1) is 7.05 Å². The minimum absolute atomic E-state index is 0.0552. The lowest BCUT2D eigenvalue weighted by molar-refractivity contribution is 0.686.